The Balaban J connectivity index is 0.00000300. The van der Waals surface area contributed by atoms with Gasteiger partial charge in [-0.05, 0) is 67.4 Å². The zero-order valence-corrected chi connectivity index (χ0v) is 18.0. The van der Waals surface area contributed by atoms with Gasteiger partial charge in [0.05, 0.1) is 17.7 Å². The van der Waals surface area contributed by atoms with Crippen LogP contribution in [0, 0.1) is 13.8 Å². The third-order valence-corrected chi connectivity index (χ3v) is 5.52. The Morgan fingerprint density at radius 1 is 0.931 bits per heavy atom. The number of methoxy groups -OCH3 is 1. The molecule has 1 heterocycles. The van der Waals surface area contributed by atoms with Crippen LogP contribution in [0.15, 0.2) is 65.6 Å². The van der Waals surface area contributed by atoms with Crippen molar-refractivity contribution in [2.24, 2.45) is 0 Å². The van der Waals surface area contributed by atoms with E-state index in [0.29, 0.717) is 11.4 Å². The normalized spacial score (nSPS) is 11.1. The Hall–Kier alpha value is -2.83. The smallest absolute Gasteiger partial charge is 0.261 e. The predicted molar refractivity (Wildman–Crippen MR) is 120 cm³/mol. The van der Waals surface area contributed by atoms with Gasteiger partial charge in [-0.25, -0.2) is 8.42 Å². The summed E-state index contributed by atoms with van der Waals surface area (Å²) in [5, 5.41) is 0. The second kappa shape index (κ2) is 9.58. The van der Waals surface area contributed by atoms with Crippen molar-refractivity contribution in [3.05, 3.63) is 83.2 Å². The molecule has 29 heavy (non-hydrogen) atoms. The van der Waals surface area contributed by atoms with Crippen LogP contribution >= 0.6 is 12.4 Å². The minimum absolute atomic E-state index is 0. The summed E-state index contributed by atoms with van der Waals surface area (Å²) in [6, 6.07) is 17.5. The molecule has 0 bridgehead atoms. The first kappa shape index (κ1) is 22.5. The molecule has 0 amide bonds. The molecule has 0 aliphatic heterocycles. The van der Waals surface area contributed by atoms with Gasteiger partial charge in [0, 0.05) is 11.4 Å². The number of aromatic nitrogens is 1. The highest BCUT2D eigenvalue weighted by molar-refractivity contribution is 7.92. The van der Waals surface area contributed by atoms with E-state index in [-0.39, 0.29) is 17.3 Å². The van der Waals surface area contributed by atoms with Gasteiger partial charge in [-0.1, -0.05) is 30.4 Å². The maximum atomic E-state index is 12.7. The first-order chi connectivity index (χ1) is 13.4. The molecule has 0 fully saturated rings. The number of hydrogen-bond donors (Lipinski definition) is 1. The molecule has 1 aromatic heterocycles. The summed E-state index contributed by atoms with van der Waals surface area (Å²) in [5.74, 6) is 0.602. The van der Waals surface area contributed by atoms with Gasteiger partial charge in [-0.3, -0.25) is 9.71 Å². The van der Waals surface area contributed by atoms with Gasteiger partial charge in [0.1, 0.15) is 5.75 Å². The Morgan fingerprint density at radius 3 is 2.17 bits per heavy atom. The molecule has 0 unspecified atom stereocenters. The zero-order valence-electron chi connectivity index (χ0n) is 16.4. The highest BCUT2D eigenvalue weighted by Crippen LogP contribution is 2.23. The van der Waals surface area contributed by atoms with E-state index in [1.165, 1.54) is 19.2 Å². The Kier molecular flexibility index (Phi) is 7.42. The largest absolute Gasteiger partial charge is 0.497 e. The number of anilines is 1. The average Bonchev–Trinajstić information content (AvgIpc) is 2.66. The fraction of sp³-hybridized carbons (Fsp3) is 0.136. The number of nitrogens with one attached hydrogen (secondary N) is 1. The van der Waals surface area contributed by atoms with Gasteiger partial charge >= 0.3 is 0 Å². The van der Waals surface area contributed by atoms with Gasteiger partial charge in [0.2, 0.25) is 0 Å². The lowest BCUT2D eigenvalue weighted by molar-refractivity contribution is 0.414. The summed E-state index contributed by atoms with van der Waals surface area (Å²) in [4.78, 5) is 4.54. The van der Waals surface area contributed by atoms with E-state index in [4.69, 9.17) is 4.74 Å². The molecule has 0 radical (unpaired) electrons. The second-order valence-corrected chi connectivity index (χ2v) is 8.07. The first-order valence-corrected chi connectivity index (χ1v) is 10.2. The number of rotatable bonds is 6. The standard InChI is InChI=1S/C22H22N2O3S.ClH/c1-16-14-18(15-17(2)23-16)8-9-19-6-4-5-7-22(19)24-28(25,26)21-12-10-20(27-3)11-13-21;/h4-15,24H,1-3H3;1H/b9-8+;. The maximum Gasteiger partial charge on any atom is 0.261 e. The summed E-state index contributed by atoms with van der Waals surface area (Å²) >= 11 is 0. The lowest BCUT2D eigenvalue weighted by Gasteiger charge is -2.11. The van der Waals surface area contributed by atoms with Crippen LogP contribution in [0.2, 0.25) is 0 Å². The van der Waals surface area contributed by atoms with E-state index in [2.05, 4.69) is 9.71 Å². The molecule has 1 N–H and O–H groups in total. The van der Waals surface area contributed by atoms with Crippen molar-refractivity contribution >= 4 is 40.3 Å². The molecule has 2 aromatic carbocycles. The first-order valence-electron chi connectivity index (χ1n) is 8.77. The molecular formula is C22H23ClN2O3S. The van der Waals surface area contributed by atoms with Gasteiger partial charge < -0.3 is 4.74 Å². The quantitative estimate of drug-likeness (QED) is 0.590. The monoisotopic (exact) mass is 430 g/mol. The molecule has 5 nitrogen and oxygen atoms in total. The van der Waals surface area contributed by atoms with Crippen molar-refractivity contribution in [3.8, 4) is 5.75 Å². The molecule has 0 atom stereocenters. The van der Waals surface area contributed by atoms with Gasteiger partial charge in [-0.2, -0.15) is 0 Å². The van der Waals surface area contributed by atoms with E-state index in [9.17, 15) is 8.42 Å². The van der Waals surface area contributed by atoms with Crippen LogP contribution in [-0.4, -0.2) is 20.5 Å². The summed E-state index contributed by atoms with van der Waals surface area (Å²) < 4.78 is 33.2. The van der Waals surface area contributed by atoms with Crippen molar-refractivity contribution in [2.45, 2.75) is 18.7 Å². The summed E-state index contributed by atoms with van der Waals surface area (Å²) in [7, 11) is -2.17. The van der Waals surface area contributed by atoms with Crippen LogP contribution in [0.4, 0.5) is 5.69 Å². The zero-order chi connectivity index (χ0) is 20.1. The van der Waals surface area contributed by atoms with Crippen LogP contribution < -0.4 is 9.46 Å². The van der Waals surface area contributed by atoms with Gasteiger partial charge in [0.15, 0.2) is 0 Å². The Morgan fingerprint density at radius 2 is 1.55 bits per heavy atom. The van der Waals surface area contributed by atoms with Crippen LogP contribution in [0.25, 0.3) is 12.2 Å². The fourth-order valence-electron chi connectivity index (χ4n) is 2.84. The summed E-state index contributed by atoms with van der Waals surface area (Å²) in [5.41, 5.74) is 4.17. The molecule has 0 saturated carbocycles. The lowest BCUT2D eigenvalue weighted by Crippen LogP contribution is -2.13. The van der Waals surface area contributed by atoms with E-state index < -0.39 is 10.0 Å². The average molecular weight is 431 g/mol. The van der Waals surface area contributed by atoms with Gasteiger partial charge in [-0.15, -0.1) is 12.4 Å². The van der Waals surface area contributed by atoms with Crippen LogP contribution in [0.5, 0.6) is 5.75 Å². The third kappa shape index (κ3) is 5.82. The van der Waals surface area contributed by atoms with E-state index >= 15 is 0 Å². The van der Waals surface area contributed by atoms with Crippen molar-refractivity contribution in [2.75, 3.05) is 11.8 Å². The maximum absolute atomic E-state index is 12.7. The minimum Gasteiger partial charge on any atom is -0.497 e. The number of sulfonamides is 1. The fourth-order valence-corrected chi connectivity index (χ4v) is 3.93. The second-order valence-electron chi connectivity index (χ2n) is 6.38. The van der Waals surface area contributed by atoms with Crippen molar-refractivity contribution in [3.63, 3.8) is 0 Å². The topological polar surface area (TPSA) is 68.3 Å². The molecule has 0 spiro atoms. The number of para-hydroxylation sites is 1. The third-order valence-electron chi connectivity index (χ3n) is 4.13. The van der Waals surface area contributed by atoms with E-state index in [1.54, 1.807) is 24.3 Å². The Bertz CT molecular complexity index is 1090. The Labute approximate surface area is 177 Å². The van der Waals surface area contributed by atoms with Crippen molar-refractivity contribution in [1.82, 2.24) is 4.98 Å². The minimum atomic E-state index is -3.71. The lowest BCUT2D eigenvalue weighted by atomic mass is 10.1. The summed E-state index contributed by atoms with van der Waals surface area (Å²) in [6.07, 6.45) is 3.84. The molecule has 7 heteroatoms. The number of ether oxygens (including phenoxy) is 1. The molecule has 0 aliphatic carbocycles. The molecule has 0 aliphatic rings. The SMILES string of the molecule is COc1ccc(S(=O)(=O)Nc2ccccc2/C=C/c2cc(C)nc(C)c2)cc1.Cl. The highest BCUT2D eigenvalue weighted by atomic mass is 35.5. The summed E-state index contributed by atoms with van der Waals surface area (Å²) in [6.45, 7) is 3.89. The van der Waals surface area contributed by atoms with E-state index in [0.717, 1.165) is 22.5 Å². The van der Waals surface area contributed by atoms with Crippen LogP contribution in [-0.2, 0) is 10.0 Å². The number of benzene rings is 2. The van der Waals surface area contributed by atoms with E-state index in [1.807, 2.05) is 50.3 Å². The van der Waals surface area contributed by atoms with Crippen LogP contribution in [0.3, 0.4) is 0 Å². The van der Waals surface area contributed by atoms with Crippen molar-refractivity contribution in [1.29, 1.82) is 0 Å². The highest BCUT2D eigenvalue weighted by Gasteiger charge is 2.15. The number of aryl methyl sites for hydroxylation is 2. The van der Waals surface area contributed by atoms with Crippen molar-refractivity contribution < 1.29 is 13.2 Å². The molecule has 3 aromatic rings. The molecule has 0 saturated heterocycles. The van der Waals surface area contributed by atoms with Gasteiger partial charge in [0.25, 0.3) is 10.0 Å². The molecule has 152 valence electrons. The molecular weight excluding hydrogens is 408 g/mol. The number of pyridine rings is 1. The predicted octanol–water partition coefficient (Wildman–Crippen LogP) is 5.10. The number of nitrogens with zero attached hydrogens (tertiary/aromatic N) is 1. The molecule has 3 rings (SSSR count). The number of hydrogen-bond acceptors (Lipinski definition) is 4. The number of halogens is 1. The van der Waals surface area contributed by atoms with Crippen LogP contribution in [0.1, 0.15) is 22.5 Å².